The van der Waals surface area contributed by atoms with E-state index in [0.29, 0.717) is 30.5 Å². The van der Waals surface area contributed by atoms with Crippen molar-refractivity contribution in [3.63, 3.8) is 0 Å². The van der Waals surface area contributed by atoms with Crippen molar-refractivity contribution in [3.05, 3.63) is 71.2 Å². The Kier molecular flexibility index (Phi) is 10.8. The zero-order chi connectivity index (χ0) is 33.0. The number of nitrogen functional groups attached to an aromatic ring is 1. The number of sulfonamides is 1. The fourth-order valence-corrected chi connectivity index (χ4v) is 7.33. The molecule has 2 aromatic heterocycles. The number of fused-ring (bicyclic) bond motifs is 1. The van der Waals surface area contributed by atoms with Crippen LogP contribution in [0.2, 0.25) is 0 Å². The Morgan fingerprint density at radius 3 is 2.50 bits per heavy atom. The molecule has 0 bridgehead atoms. The normalized spacial score (nSPS) is 17.2. The van der Waals surface area contributed by atoms with Gasteiger partial charge in [0.2, 0.25) is 10.0 Å². The van der Waals surface area contributed by atoms with Crippen molar-refractivity contribution in [1.82, 2.24) is 20.1 Å². The van der Waals surface area contributed by atoms with Crippen LogP contribution in [0.25, 0.3) is 22.2 Å². The van der Waals surface area contributed by atoms with Crippen molar-refractivity contribution in [2.75, 3.05) is 36.1 Å². The molecule has 5 rings (SSSR count). The zero-order valence-electron chi connectivity index (χ0n) is 25.7. The third-order valence-corrected chi connectivity index (χ3v) is 9.60. The van der Waals surface area contributed by atoms with Gasteiger partial charge in [0.15, 0.2) is 0 Å². The van der Waals surface area contributed by atoms with E-state index in [9.17, 15) is 12.8 Å². The first-order valence-corrected chi connectivity index (χ1v) is 17.4. The molecule has 9 nitrogen and oxygen atoms in total. The molecule has 1 saturated carbocycles. The highest BCUT2D eigenvalue weighted by Gasteiger charge is 2.29. The number of halogens is 4. The molecular weight excluding hydrogens is 641 g/mol. The van der Waals surface area contributed by atoms with Crippen LogP contribution in [-0.4, -0.2) is 54.9 Å². The first kappa shape index (κ1) is 34.0. The van der Waals surface area contributed by atoms with Crippen LogP contribution in [0.4, 0.5) is 24.7 Å². The maximum absolute atomic E-state index is 15.7. The average Bonchev–Trinajstić information content (AvgIpc) is 3.42. The molecule has 0 aliphatic heterocycles. The van der Waals surface area contributed by atoms with Crippen LogP contribution in [0.15, 0.2) is 42.6 Å². The number of ether oxygens (including phenoxy) is 1. The van der Waals surface area contributed by atoms with E-state index < -0.39 is 38.9 Å². The van der Waals surface area contributed by atoms with E-state index in [1.807, 2.05) is 18.6 Å². The topological polar surface area (TPSA) is 124 Å². The summed E-state index contributed by atoms with van der Waals surface area (Å²) >= 11 is 5.66. The van der Waals surface area contributed by atoms with Gasteiger partial charge < -0.3 is 15.8 Å². The Morgan fingerprint density at radius 1 is 1.07 bits per heavy atom. The molecule has 0 atom stereocenters. The van der Waals surface area contributed by atoms with E-state index in [0.717, 1.165) is 61.5 Å². The molecule has 2 aromatic carbocycles. The number of nitrogens with zero attached hydrogens (tertiary/aromatic N) is 3. The van der Waals surface area contributed by atoms with Crippen molar-refractivity contribution >= 4 is 44.0 Å². The van der Waals surface area contributed by atoms with Crippen molar-refractivity contribution in [1.29, 1.82) is 0 Å². The Labute approximate surface area is 271 Å². The van der Waals surface area contributed by atoms with Gasteiger partial charge in [-0.1, -0.05) is 18.2 Å². The smallest absolute Gasteiger partial charge is 0.237 e. The number of hydrogen-bond acceptors (Lipinski definition) is 7. The quantitative estimate of drug-likeness (QED) is 0.109. The molecule has 4 aromatic rings. The van der Waals surface area contributed by atoms with Crippen molar-refractivity contribution in [2.45, 2.75) is 63.3 Å². The summed E-state index contributed by atoms with van der Waals surface area (Å²) in [5.41, 5.74) is 7.25. The number of hydrogen-bond donors (Lipinski definition) is 3. The maximum atomic E-state index is 15.7. The molecule has 4 N–H and O–H groups in total. The number of anilines is 2. The van der Waals surface area contributed by atoms with Crippen LogP contribution >= 0.6 is 11.6 Å². The summed E-state index contributed by atoms with van der Waals surface area (Å²) in [5.74, 6) is -2.65. The van der Waals surface area contributed by atoms with Gasteiger partial charge >= 0.3 is 0 Å². The van der Waals surface area contributed by atoms with Gasteiger partial charge in [-0.15, -0.1) is 11.6 Å². The van der Waals surface area contributed by atoms with E-state index in [4.69, 9.17) is 27.2 Å². The van der Waals surface area contributed by atoms with Crippen LogP contribution in [0.3, 0.4) is 0 Å². The van der Waals surface area contributed by atoms with Crippen molar-refractivity contribution < 1.29 is 26.3 Å². The molecule has 0 radical (unpaired) electrons. The van der Waals surface area contributed by atoms with Crippen molar-refractivity contribution in [2.24, 2.45) is 0 Å². The number of benzene rings is 2. The number of alkyl halides is 1. The maximum Gasteiger partial charge on any atom is 0.237 e. The molecule has 1 aliphatic carbocycles. The Morgan fingerprint density at radius 2 is 1.80 bits per heavy atom. The molecule has 0 unspecified atom stereocenters. The van der Waals surface area contributed by atoms with Crippen LogP contribution in [0.1, 0.15) is 62.6 Å². The summed E-state index contributed by atoms with van der Waals surface area (Å²) in [6.07, 6.45) is 5.44. The van der Waals surface area contributed by atoms with Gasteiger partial charge in [-0.05, 0) is 63.1 Å². The Balaban J connectivity index is 1.43. The van der Waals surface area contributed by atoms with Crippen LogP contribution in [-0.2, 0) is 20.5 Å². The second-order valence-electron chi connectivity index (χ2n) is 11.8. The first-order valence-electron chi connectivity index (χ1n) is 15.3. The van der Waals surface area contributed by atoms with E-state index in [1.165, 1.54) is 18.2 Å². The molecule has 2 heterocycles. The molecule has 0 spiro atoms. The summed E-state index contributed by atoms with van der Waals surface area (Å²) in [7, 11) is -4.27. The minimum absolute atomic E-state index is 0.102. The molecule has 0 saturated heterocycles. The molecule has 1 fully saturated rings. The number of pyridine rings is 1. The Hall–Kier alpha value is -3.39. The lowest BCUT2D eigenvalue weighted by Gasteiger charge is -2.30. The van der Waals surface area contributed by atoms with Gasteiger partial charge in [0.1, 0.15) is 29.0 Å². The average molecular weight is 679 g/mol. The molecular formula is C32H38ClF3N6O3S. The largest absolute Gasteiger partial charge is 0.383 e. The summed E-state index contributed by atoms with van der Waals surface area (Å²) in [5, 5.41) is 8.65. The highest BCUT2D eigenvalue weighted by molar-refractivity contribution is 7.91. The predicted octanol–water partition coefficient (Wildman–Crippen LogP) is 6.49. The SMILES string of the molecule is CC(C)n1nc(-c2cc(F)c(NS(=O)(=O)Cc3ccccc3F)cc2F)c2c(N)ncc(C3CCC(NCCOCCCl)CC3)c21. The molecule has 46 heavy (non-hydrogen) atoms. The van der Waals surface area contributed by atoms with Gasteiger partial charge in [-0.3, -0.25) is 9.40 Å². The first-order chi connectivity index (χ1) is 22.0. The number of aromatic nitrogens is 3. The third-order valence-electron chi connectivity index (χ3n) is 8.22. The monoisotopic (exact) mass is 678 g/mol. The minimum atomic E-state index is -4.27. The summed E-state index contributed by atoms with van der Waals surface area (Å²) < 4.78 is 79.9. The van der Waals surface area contributed by atoms with Gasteiger partial charge in [0, 0.05) is 47.9 Å². The van der Waals surface area contributed by atoms with Crippen LogP contribution in [0, 0.1) is 17.5 Å². The van der Waals surface area contributed by atoms with E-state index >= 15 is 8.78 Å². The number of nitrogens with one attached hydrogen (secondary N) is 2. The Bertz CT molecular complexity index is 1800. The predicted molar refractivity (Wildman–Crippen MR) is 175 cm³/mol. The lowest BCUT2D eigenvalue weighted by molar-refractivity contribution is 0.146. The molecule has 0 amide bonds. The lowest BCUT2D eigenvalue weighted by Crippen LogP contribution is -2.35. The lowest BCUT2D eigenvalue weighted by atomic mass is 9.81. The number of nitrogens with two attached hydrogens (primary N) is 1. The van der Waals surface area contributed by atoms with E-state index in [-0.39, 0.29) is 34.6 Å². The second-order valence-corrected chi connectivity index (χ2v) is 13.9. The van der Waals surface area contributed by atoms with Gasteiger partial charge in [0.25, 0.3) is 0 Å². The summed E-state index contributed by atoms with van der Waals surface area (Å²) in [6, 6.07) is 7.21. The van der Waals surface area contributed by atoms with Gasteiger partial charge in [-0.2, -0.15) is 5.10 Å². The van der Waals surface area contributed by atoms with E-state index in [2.05, 4.69) is 10.3 Å². The van der Waals surface area contributed by atoms with Crippen LogP contribution in [0.5, 0.6) is 0 Å². The molecule has 1 aliphatic rings. The fourth-order valence-electron chi connectivity index (χ4n) is 6.01. The minimum Gasteiger partial charge on any atom is -0.383 e. The third kappa shape index (κ3) is 7.59. The van der Waals surface area contributed by atoms with Crippen LogP contribution < -0.4 is 15.8 Å². The highest BCUT2D eigenvalue weighted by atomic mass is 35.5. The fraction of sp³-hybridized carbons (Fsp3) is 0.438. The summed E-state index contributed by atoms with van der Waals surface area (Å²) in [6.45, 7) is 5.75. The van der Waals surface area contributed by atoms with Gasteiger partial charge in [-0.25, -0.2) is 26.6 Å². The molecule has 248 valence electrons. The second kappa shape index (κ2) is 14.6. The van der Waals surface area contributed by atoms with Gasteiger partial charge in [0.05, 0.1) is 35.6 Å². The van der Waals surface area contributed by atoms with E-state index in [1.54, 1.807) is 10.9 Å². The zero-order valence-corrected chi connectivity index (χ0v) is 27.3. The molecule has 14 heteroatoms. The number of rotatable bonds is 13. The standard InChI is InChI=1S/C32H38ClF3N6O3S/c1-19(2)42-31-24(20-7-9-22(10-8-20)38-12-14-45-13-11-33)17-39-32(37)29(31)30(40-42)23-15-27(36)28(16-26(23)35)41-46(43,44)18-21-5-3-4-6-25(21)34/h3-6,15-17,19-20,22,38,41H,7-14,18H2,1-2H3,(H2,37,39). The summed E-state index contributed by atoms with van der Waals surface area (Å²) in [4.78, 5) is 4.45. The van der Waals surface area contributed by atoms with Crippen molar-refractivity contribution in [3.8, 4) is 11.3 Å². The highest BCUT2D eigenvalue weighted by Crippen LogP contribution is 2.42.